The third-order valence-corrected chi connectivity index (χ3v) is 5.69. The molecule has 1 fully saturated rings. The summed E-state index contributed by atoms with van der Waals surface area (Å²) in [6.45, 7) is 1.81. The van der Waals surface area contributed by atoms with Crippen LogP contribution >= 0.6 is 0 Å². The molecular formula is C20H22N8O3. The molecule has 160 valence electrons. The number of amides is 1. The summed E-state index contributed by atoms with van der Waals surface area (Å²) in [7, 11) is 1.65. The molecule has 5 rings (SSSR count). The molecule has 1 aromatic carbocycles. The van der Waals surface area contributed by atoms with Gasteiger partial charge in [0.25, 0.3) is 5.91 Å². The number of rotatable bonds is 5. The van der Waals surface area contributed by atoms with E-state index in [4.69, 9.17) is 10.5 Å². The molecule has 1 saturated heterocycles. The average Bonchev–Trinajstić information content (AvgIpc) is 3.48. The van der Waals surface area contributed by atoms with Crippen LogP contribution in [0.1, 0.15) is 16.4 Å². The van der Waals surface area contributed by atoms with E-state index in [1.165, 1.54) is 6.33 Å². The summed E-state index contributed by atoms with van der Waals surface area (Å²) in [4.78, 5) is 31.6. The normalized spacial score (nSPS) is 19.0. The monoisotopic (exact) mass is 422 g/mol. The number of aromatic nitrogens is 6. The second-order valence-corrected chi connectivity index (χ2v) is 7.56. The number of aliphatic hydroxyl groups excluding tert-OH is 1. The van der Waals surface area contributed by atoms with Gasteiger partial charge in [-0.05, 0) is 18.2 Å². The maximum absolute atomic E-state index is 13.1. The first-order valence-corrected chi connectivity index (χ1v) is 9.91. The van der Waals surface area contributed by atoms with Crippen molar-refractivity contribution in [2.24, 2.45) is 0 Å². The Morgan fingerprint density at radius 1 is 1.23 bits per heavy atom. The van der Waals surface area contributed by atoms with Crippen molar-refractivity contribution in [2.45, 2.75) is 18.7 Å². The first kappa shape index (κ1) is 19.4. The minimum atomic E-state index is -0.755. The van der Waals surface area contributed by atoms with Crippen molar-refractivity contribution in [1.82, 2.24) is 34.0 Å². The minimum absolute atomic E-state index is 0.159. The highest BCUT2D eigenvalue weighted by Crippen LogP contribution is 2.28. The third kappa shape index (κ3) is 3.27. The molecule has 3 aromatic heterocycles. The lowest BCUT2D eigenvalue weighted by Crippen LogP contribution is -2.29. The van der Waals surface area contributed by atoms with E-state index in [1.807, 2.05) is 10.6 Å². The highest BCUT2D eigenvalue weighted by molar-refractivity contribution is 5.97. The molecule has 1 aliphatic heterocycles. The second kappa shape index (κ2) is 7.60. The molecule has 1 aliphatic rings. The number of methoxy groups -OCH3 is 1. The molecule has 31 heavy (non-hydrogen) atoms. The second-order valence-electron chi connectivity index (χ2n) is 7.56. The van der Waals surface area contributed by atoms with Crippen LogP contribution in [0.2, 0.25) is 0 Å². The Bertz CT molecular complexity index is 1270. The van der Waals surface area contributed by atoms with Gasteiger partial charge in [-0.3, -0.25) is 4.79 Å². The van der Waals surface area contributed by atoms with Crippen molar-refractivity contribution < 1.29 is 14.6 Å². The molecule has 11 heteroatoms. The largest absolute Gasteiger partial charge is 0.389 e. The maximum atomic E-state index is 13.1. The molecule has 0 spiro atoms. The molecule has 3 N–H and O–H groups in total. The first-order valence-electron chi connectivity index (χ1n) is 9.91. The standard InChI is InChI=1S/C20H22N8O3/c1-31-5-4-26-10-24-13-6-12(2-3-14(13)26)20(30)27-7-15(16(29)8-27)28-11-25-17-18(21)22-9-23-19(17)28/h2-3,6,9-11,15-16,29H,4-5,7-8H2,1H3,(H2,21,22,23)/t15-,16-/m1/s1. The van der Waals surface area contributed by atoms with Crippen molar-refractivity contribution in [3.05, 3.63) is 42.7 Å². The topological polar surface area (TPSA) is 137 Å². The van der Waals surface area contributed by atoms with Crippen LogP contribution in [0.25, 0.3) is 22.2 Å². The number of hydrogen-bond donors (Lipinski definition) is 2. The number of nitrogen functional groups attached to an aromatic ring is 1. The number of carbonyl (C=O) groups is 1. The van der Waals surface area contributed by atoms with Crippen LogP contribution < -0.4 is 5.73 Å². The summed E-state index contributed by atoms with van der Waals surface area (Å²) >= 11 is 0. The van der Waals surface area contributed by atoms with E-state index in [9.17, 15) is 9.90 Å². The third-order valence-electron chi connectivity index (χ3n) is 5.69. The number of benzene rings is 1. The van der Waals surface area contributed by atoms with Gasteiger partial charge < -0.3 is 29.6 Å². The van der Waals surface area contributed by atoms with Crippen LogP contribution in [-0.4, -0.2) is 77.9 Å². The Morgan fingerprint density at radius 2 is 2.10 bits per heavy atom. The van der Waals surface area contributed by atoms with E-state index in [0.717, 1.165) is 11.0 Å². The summed E-state index contributed by atoms with van der Waals surface area (Å²) < 4.78 is 8.87. The number of likely N-dealkylation sites (tertiary alicyclic amines) is 1. The van der Waals surface area contributed by atoms with Crippen molar-refractivity contribution >= 4 is 33.9 Å². The zero-order valence-corrected chi connectivity index (χ0v) is 16.9. The van der Waals surface area contributed by atoms with E-state index >= 15 is 0 Å². The van der Waals surface area contributed by atoms with Gasteiger partial charge >= 0.3 is 0 Å². The number of β-amino-alcohol motifs (C(OH)–C–C–N with tert-alkyl or cyclic N) is 1. The summed E-state index contributed by atoms with van der Waals surface area (Å²) in [5, 5.41) is 10.7. The summed E-state index contributed by atoms with van der Waals surface area (Å²) in [6, 6.07) is 5.08. The molecule has 4 heterocycles. The van der Waals surface area contributed by atoms with Gasteiger partial charge in [-0.1, -0.05) is 0 Å². The van der Waals surface area contributed by atoms with Crippen molar-refractivity contribution in [2.75, 3.05) is 32.5 Å². The number of fused-ring (bicyclic) bond motifs is 2. The lowest BCUT2D eigenvalue weighted by molar-refractivity contribution is 0.0765. The summed E-state index contributed by atoms with van der Waals surface area (Å²) in [5.41, 5.74) is 9.09. The molecule has 1 amide bonds. The van der Waals surface area contributed by atoms with Crippen LogP contribution in [-0.2, 0) is 11.3 Å². The Morgan fingerprint density at radius 3 is 2.94 bits per heavy atom. The highest BCUT2D eigenvalue weighted by Gasteiger charge is 2.36. The smallest absolute Gasteiger partial charge is 0.254 e. The number of nitrogens with zero attached hydrogens (tertiary/aromatic N) is 7. The Hall–Kier alpha value is -3.57. The van der Waals surface area contributed by atoms with Gasteiger partial charge in [0.15, 0.2) is 11.5 Å². The molecule has 0 radical (unpaired) electrons. The van der Waals surface area contributed by atoms with Gasteiger partial charge in [0.05, 0.1) is 42.4 Å². The molecule has 2 atom stereocenters. The van der Waals surface area contributed by atoms with Gasteiger partial charge in [0, 0.05) is 32.3 Å². The zero-order valence-electron chi connectivity index (χ0n) is 16.9. The fourth-order valence-corrected chi connectivity index (χ4v) is 4.07. The van der Waals surface area contributed by atoms with Crippen molar-refractivity contribution in [1.29, 1.82) is 0 Å². The molecule has 0 unspecified atom stereocenters. The van der Waals surface area contributed by atoms with Crippen LogP contribution in [0, 0.1) is 0 Å². The molecule has 4 aromatic rings. The number of hydrogen-bond acceptors (Lipinski definition) is 8. The van der Waals surface area contributed by atoms with E-state index in [1.54, 1.807) is 41.4 Å². The van der Waals surface area contributed by atoms with Crippen molar-refractivity contribution in [3.63, 3.8) is 0 Å². The van der Waals surface area contributed by atoms with Gasteiger partial charge in [-0.15, -0.1) is 0 Å². The predicted molar refractivity (Wildman–Crippen MR) is 112 cm³/mol. The van der Waals surface area contributed by atoms with Crippen LogP contribution in [0.4, 0.5) is 5.82 Å². The van der Waals surface area contributed by atoms with Gasteiger partial charge in [0.2, 0.25) is 0 Å². The average molecular weight is 422 g/mol. The highest BCUT2D eigenvalue weighted by atomic mass is 16.5. The quantitative estimate of drug-likeness (QED) is 0.473. The fourth-order valence-electron chi connectivity index (χ4n) is 4.07. The van der Waals surface area contributed by atoms with E-state index < -0.39 is 6.10 Å². The SMILES string of the molecule is COCCn1cnc2cc(C(=O)N3C[C@@H](O)[C@H](n4cnc5c(N)ncnc54)C3)ccc21. The maximum Gasteiger partial charge on any atom is 0.254 e. The minimum Gasteiger partial charge on any atom is -0.389 e. The number of aliphatic hydroxyl groups is 1. The van der Waals surface area contributed by atoms with Crippen LogP contribution in [0.3, 0.4) is 0 Å². The van der Waals surface area contributed by atoms with Gasteiger partial charge in [-0.25, -0.2) is 19.9 Å². The van der Waals surface area contributed by atoms with Crippen LogP contribution in [0.5, 0.6) is 0 Å². The van der Waals surface area contributed by atoms with Gasteiger partial charge in [0.1, 0.15) is 11.8 Å². The first-order chi connectivity index (χ1) is 15.1. The number of ether oxygens (including phenoxy) is 1. The molecule has 0 saturated carbocycles. The fraction of sp³-hybridized carbons (Fsp3) is 0.350. The van der Waals surface area contributed by atoms with E-state index in [-0.39, 0.29) is 24.3 Å². The molecule has 0 bridgehead atoms. The summed E-state index contributed by atoms with van der Waals surface area (Å²) in [5.74, 6) is 0.121. The van der Waals surface area contributed by atoms with E-state index in [0.29, 0.717) is 36.4 Å². The lowest BCUT2D eigenvalue weighted by Gasteiger charge is -2.17. The molecule has 11 nitrogen and oxygen atoms in total. The Kier molecular flexibility index (Phi) is 4.75. The zero-order chi connectivity index (χ0) is 21.5. The predicted octanol–water partition coefficient (Wildman–Crippen LogP) is 0.463. The Labute approximate surface area is 177 Å². The number of anilines is 1. The molecular weight excluding hydrogens is 400 g/mol. The molecule has 0 aliphatic carbocycles. The number of imidazole rings is 2. The lowest BCUT2D eigenvalue weighted by atomic mass is 10.1. The summed E-state index contributed by atoms with van der Waals surface area (Å²) in [6.07, 6.45) is 3.93. The van der Waals surface area contributed by atoms with Crippen molar-refractivity contribution in [3.8, 4) is 0 Å². The Balaban J connectivity index is 1.38. The van der Waals surface area contributed by atoms with E-state index in [2.05, 4.69) is 19.9 Å². The van der Waals surface area contributed by atoms with Crippen LogP contribution in [0.15, 0.2) is 37.2 Å². The number of nitrogens with two attached hydrogens (primary N) is 1. The number of carbonyl (C=O) groups excluding carboxylic acids is 1. The van der Waals surface area contributed by atoms with Gasteiger partial charge in [-0.2, -0.15) is 0 Å².